The fourth-order valence-corrected chi connectivity index (χ4v) is 4.64. The predicted octanol–water partition coefficient (Wildman–Crippen LogP) is 1.12. The lowest BCUT2D eigenvalue weighted by Crippen LogP contribution is -2.43. The molecule has 0 aliphatic carbocycles. The molecule has 1 aliphatic heterocycles. The predicted molar refractivity (Wildman–Crippen MR) is 87.1 cm³/mol. The number of carbonyl (C=O) groups is 1. The van der Waals surface area contributed by atoms with Crippen LogP contribution >= 0.6 is 11.3 Å². The van der Waals surface area contributed by atoms with Gasteiger partial charge >= 0.3 is 0 Å². The fraction of sp³-hybridized carbons (Fsp3) is 0.500. The highest BCUT2D eigenvalue weighted by Gasteiger charge is 2.27. The average Bonchev–Trinajstić information content (AvgIpc) is 3.25. The largest absolute Gasteiger partial charge is 0.342 e. The van der Waals surface area contributed by atoms with E-state index in [1.54, 1.807) is 23.3 Å². The van der Waals surface area contributed by atoms with E-state index in [1.807, 2.05) is 0 Å². The van der Waals surface area contributed by atoms with Crippen LogP contribution < -0.4 is 4.72 Å². The van der Waals surface area contributed by atoms with E-state index in [1.165, 1.54) is 6.07 Å². The minimum absolute atomic E-state index is 0.175. The molecule has 0 saturated carbocycles. The maximum Gasteiger partial charge on any atom is 0.250 e. The van der Waals surface area contributed by atoms with Gasteiger partial charge in [0.15, 0.2) is 5.82 Å². The highest BCUT2D eigenvalue weighted by atomic mass is 32.2. The molecule has 2 aromatic heterocycles. The van der Waals surface area contributed by atoms with Gasteiger partial charge in [-0.05, 0) is 24.3 Å². The molecule has 0 unspecified atom stereocenters. The van der Waals surface area contributed by atoms with Crippen LogP contribution in [0, 0.1) is 6.92 Å². The minimum Gasteiger partial charge on any atom is -0.342 e. The van der Waals surface area contributed by atoms with E-state index in [4.69, 9.17) is 4.52 Å². The number of sulfonamides is 1. The summed E-state index contributed by atoms with van der Waals surface area (Å²) in [6.45, 7) is 2.62. The van der Waals surface area contributed by atoms with Crippen LogP contribution in [0.25, 0.3) is 0 Å². The minimum atomic E-state index is -3.61. The van der Waals surface area contributed by atoms with Gasteiger partial charge in [0.2, 0.25) is 11.8 Å². The summed E-state index contributed by atoms with van der Waals surface area (Å²) < 4.78 is 31.6. The molecule has 3 rings (SSSR count). The Morgan fingerprint density at radius 3 is 2.79 bits per heavy atom. The van der Waals surface area contributed by atoms with Crippen molar-refractivity contribution in [1.82, 2.24) is 19.8 Å². The fourth-order valence-electron chi connectivity index (χ4n) is 2.62. The second kappa shape index (κ2) is 6.99. The molecular weight excluding hydrogens is 352 g/mol. The van der Waals surface area contributed by atoms with Crippen LogP contribution in [0.15, 0.2) is 26.2 Å². The average molecular weight is 370 g/mol. The van der Waals surface area contributed by atoms with E-state index in [9.17, 15) is 13.2 Å². The molecule has 24 heavy (non-hydrogen) atoms. The first-order chi connectivity index (χ1) is 11.5. The Morgan fingerprint density at radius 1 is 1.46 bits per heavy atom. The zero-order valence-electron chi connectivity index (χ0n) is 13.1. The summed E-state index contributed by atoms with van der Waals surface area (Å²) in [7, 11) is -3.61. The lowest BCUT2D eigenvalue weighted by Gasteiger charge is -2.30. The van der Waals surface area contributed by atoms with Gasteiger partial charge in [-0.3, -0.25) is 4.79 Å². The first-order valence-corrected chi connectivity index (χ1v) is 9.93. The summed E-state index contributed by atoms with van der Waals surface area (Å²) in [6, 6.07) is 3.17. The topological polar surface area (TPSA) is 105 Å². The van der Waals surface area contributed by atoms with Crippen LogP contribution in [-0.4, -0.2) is 49.0 Å². The third-order valence-electron chi connectivity index (χ3n) is 3.93. The molecule has 1 aliphatic rings. The zero-order chi connectivity index (χ0) is 17.2. The third kappa shape index (κ3) is 3.82. The Balaban J connectivity index is 1.50. The number of carbonyl (C=O) groups excluding carboxylic acids is 1. The van der Waals surface area contributed by atoms with Crippen molar-refractivity contribution in [2.24, 2.45) is 0 Å². The van der Waals surface area contributed by atoms with E-state index < -0.39 is 10.0 Å². The summed E-state index contributed by atoms with van der Waals surface area (Å²) >= 11 is 1.12. The number of nitrogens with one attached hydrogen (secondary N) is 1. The molecular formula is C14H18N4O4S2. The van der Waals surface area contributed by atoms with Crippen molar-refractivity contribution in [2.75, 3.05) is 19.6 Å². The standard InChI is InChI=1S/C14H18N4O4S2/c1-10-16-14(17-22-10)11-4-6-18(7-5-11)12(19)9-15-24(20,21)13-3-2-8-23-13/h2-3,8,11,15H,4-7,9H2,1H3. The number of thiophene rings is 1. The SMILES string of the molecule is Cc1nc(C2CCN(C(=O)CNS(=O)(=O)c3cccs3)CC2)no1. The van der Waals surface area contributed by atoms with Crippen molar-refractivity contribution in [1.29, 1.82) is 0 Å². The highest BCUT2D eigenvalue weighted by Crippen LogP contribution is 2.25. The second-order valence-corrected chi connectivity index (χ2v) is 8.52. The number of nitrogens with zero attached hydrogens (tertiary/aromatic N) is 3. The van der Waals surface area contributed by atoms with E-state index in [2.05, 4.69) is 14.9 Å². The molecule has 8 nitrogen and oxygen atoms in total. The molecule has 3 heterocycles. The number of amides is 1. The molecule has 1 saturated heterocycles. The van der Waals surface area contributed by atoms with Crippen LogP contribution in [-0.2, 0) is 14.8 Å². The first-order valence-electron chi connectivity index (χ1n) is 7.57. The monoisotopic (exact) mass is 370 g/mol. The molecule has 1 fully saturated rings. The second-order valence-electron chi connectivity index (χ2n) is 5.58. The number of piperidine rings is 1. The van der Waals surface area contributed by atoms with Gasteiger partial charge in [-0.1, -0.05) is 11.2 Å². The van der Waals surface area contributed by atoms with Gasteiger partial charge in [0, 0.05) is 25.9 Å². The Hall–Kier alpha value is -1.78. The first kappa shape index (κ1) is 17.1. The van der Waals surface area contributed by atoms with Crippen LogP contribution in [0.3, 0.4) is 0 Å². The molecule has 1 N–H and O–H groups in total. The lowest BCUT2D eigenvalue weighted by molar-refractivity contribution is -0.131. The van der Waals surface area contributed by atoms with Crippen molar-refractivity contribution in [3.63, 3.8) is 0 Å². The van der Waals surface area contributed by atoms with Crippen molar-refractivity contribution < 1.29 is 17.7 Å². The molecule has 130 valence electrons. The molecule has 10 heteroatoms. The van der Waals surface area contributed by atoms with Gasteiger partial charge in [-0.2, -0.15) is 4.98 Å². The van der Waals surface area contributed by atoms with Crippen molar-refractivity contribution in [3.05, 3.63) is 29.2 Å². The normalized spacial score (nSPS) is 16.5. The molecule has 2 aromatic rings. The van der Waals surface area contributed by atoms with E-state index in [0.717, 1.165) is 24.2 Å². The van der Waals surface area contributed by atoms with Crippen LogP contribution in [0.5, 0.6) is 0 Å². The van der Waals surface area contributed by atoms with Gasteiger partial charge in [-0.15, -0.1) is 11.3 Å². The molecule has 1 amide bonds. The summed E-state index contributed by atoms with van der Waals surface area (Å²) in [5, 5.41) is 5.61. The third-order valence-corrected chi connectivity index (χ3v) is 6.73. The van der Waals surface area contributed by atoms with Crippen molar-refractivity contribution >= 4 is 27.3 Å². The van der Waals surface area contributed by atoms with Gasteiger partial charge in [0.1, 0.15) is 4.21 Å². The Bertz CT molecular complexity index is 793. The van der Waals surface area contributed by atoms with E-state index in [0.29, 0.717) is 24.8 Å². The Morgan fingerprint density at radius 2 is 2.21 bits per heavy atom. The Kier molecular flexibility index (Phi) is 4.97. The lowest BCUT2D eigenvalue weighted by atomic mass is 9.96. The van der Waals surface area contributed by atoms with Crippen molar-refractivity contribution in [2.45, 2.75) is 29.9 Å². The highest BCUT2D eigenvalue weighted by molar-refractivity contribution is 7.91. The number of aromatic nitrogens is 2. The maximum atomic E-state index is 12.2. The van der Waals surface area contributed by atoms with Crippen LogP contribution in [0.4, 0.5) is 0 Å². The summed E-state index contributed by atoms with van der Waals surface area (Å²) in [5.41, 5.74) is 0. The molecule has 0 aromatic carbocycles. The summed E-state index contributed by atoms with van der Waals surface area (Å²) in [4.78, 5) is 18.1. The molecule has 0 bridgehead atoms. The maximum absolute atomic E-state index is 12.2. The summed E-state index contributed by atoms with van der Waals surface area (Å²) in [5.74, 6) is 1.16. The smallest absolute Gasteiger partial charge is 0.250 e. The number of rotatable bonds is 5. The molecule has 0 spiro atoms. The number of hydrogen-bond donors (Lipinski definition) is 1. The van der Waals surface area contributed by atoms with Crippen LogP contribution in [0.1, 0.15) is 30.5 Å². The summed E-state index contributed by atoms with van der Waals surface area (Å²) in [6.07, 6.45) is 1.48. The quantitative estimate of drug-likeness (QED) is 0.846. The van der Waals surface area contributed by atoms with Gasteiger partial charge < -0.3 is 9.42 Å². The van der Waals surface area contributed by atoms with Gasteiger partial charge in [-0.25, -0.2) is 13.1 Å². The van der Waals surface area contributed by atoms with E-state index >= 15 is 0 Å². The van der Waals surface area contributed by atoms with Gasteiger partial charge in [0.25, 0.3) is 10.0 Å². The molecule has 0 atom stereocenters. The van der Waals surface area contributed by atoms with Crippen LogP contribution in [0.2, 0.25) is 0 Å². The number of likely N-dealkylation sites (tertiary alicyclic amines) is 1. The number of hydrogen-bond acceptors (Lipinski definition) is 7. The zero-order valence-corrected chi connectivity index (χ0v) is 14.8. The number of aryl methyl sites for hydroxylation is 1. The van der Waals surface area contributed by atoms with Gasteiger partial charge in [0.05, 0.1) is 6.54 Å². The van der Waals surface area contributed by atoms with Crippen molar-refractivity contribution in [3.8, 4) is 0 Å². The van der Waals surface area contributed by atoms with E-state index in [-0.39, 0.29) is 22.6 Å². The Labute approximate surface area is 143 Å². The molecule has 0 radical (unpaired) electrons.